The van der Waals surface area contributed by atoms with Crippen LogP contribution >= 0.6 is 0 Å². The first kappa shape index (κ1) is 12.6. The highest BCUT2D eigenvalue weighted by molar-refractivity contribution is 5.90. The highest BCUT2D eigenvalue weighted by atomic mass is 16.6. The molecule has 0 atom stereocenters. The fraction of sp³-hybridized carbons (Fsp3) is 0.312. The van der Waals surface area contributed by atoms with Crippen molar-refractivity contribution >= 4 is 12.0 Å². The lowest BCUT2D eigenvalue weighted by Crippen LogP contribution is -2.25. The largest absolute Gasteiger partial charge is 0.457 e. The molecule has 0 unspecified atom stereocenters. The van der Waals surface area contributed by atoms with Crippen molar-refractivity contribution in [3.05, 3.63) is 53.1 Å². The number of rotatable bonds is 1. The number of hydrogen-bond acceptors (Lipinski definition) is 2. The Labute approximate surface area is 108 Å². The average Bonchev–Trinajstić information content (AvgIpc) is 2.48. The molecule has 2 nitrogen and oxygen atoms in total. The van der Waals surface area contributed by atoms with Crippen LogP contribution in [0.15, 0.2) is 42.0 Å². The van der Waals surface area contributed by atoms with Crippen molar-refractivity contribution < 1.29 is 9.53 Å². The number of fused-ring (bicyclic) bond motifs is 1. The molecule has 0 radical (unpaired) electrons. The number of esters is 1. The van der Waals surface area contributed by atoms with Gasteiger partial charge in [0.15, 0.2) is 0 Å². The molecule has 0 saturated carbocycles. The summed E-state index contributed by atoms with van der Waals surface area (Å²) in [6.45, 7) is 5.64. The zero-order valence-electron chi connectivity index (χ0n) is 11.1. The first-order valence-electron chi connectivity index (χ1n) is 6.14. The molecule has 0 fully saturated rings. The van der Waals surface area contributed by atoms with Crippen molar-refractivity contribution in [1.82, 2.24) is 0 Å². The fourth-order valence-electron chi connectivity index (χ4n) is 1.87. The molecule has 0 aliphatic heterocycles. The molecule has 1 aliphatic carbocycles. The van der Waals surface area contributed by atoms with Gasteiger partial charge in [0.2, 0.25) is 0 Å². The van der Waals surface area contributed by atoms with Gasteiger partial charge in [0, 0.05) is 12.0 Å². The molecule has 0 saturated heterocycles. The van der Waals surface area contributed by atoms with Crippen LogP contribution in [0.5, 0.6) is 0 Å². The first-order chi connectivity index (χ1) is 8.46. The van der Waals surface area contributed by atoms with Gasteiger partial charge >= 0.3 is 5.97 Å². The van der Waals surface area contributed by atoms with Gasteiger partial charge in [-0.25, -0.2) is 4.79 Å². The molecule has 0 amide bonds. The highest BCUT2D eigenvalue weighted by Crippen LogP contribution is 2.21. The molecule has 0 N–H and O–H groups in total. The maximum atomic E-state index is 12.1. The van der Waals surface area contributed by atoms with Gasteiger partial charge in [0.25, 0.3) is 0 Å². The first-order valence-corrected chi connectivity index (χ1v) is 6.14. The Morgan fingerprint density at radius 1 is 1.22 bits per heavy atom. The Hall–Kier alpha value is -1.83. The molecule has 2 heteroatoms. The number of ether oxygens (including phenoxy) is 1. The quantitative estimate of drug-likeness (QED) is 0.704. The SMILES string of the molecule is CC(C)(C)OC(=O)C1=CC=Cc2ccccc2C1. The van der Waals surface area contributed by atoms with E-state index >= 15 is 0 Å². The number of hydrogen-bond donors (Lipinski definition) is 0. The molecular formula is C16H18O2. The van der Waals surface area contributed by atoms with Crippen LogP contribution in [-0.2, 0) is 16.0 Å². The van der Waals surface area contributed by atoms with Crippen LogP contribution in [0.4, 0.5) is 0 Å². The molecule has 1 aromatic carbocycles. The minimum absolute atomic E-state index is 0.233. The zero-order valence-corrected chi connectivity index (χ0v) is 11.1. The van der Waals surface area contributed by atoms with Crippen LogP contribution in [0.25, 0.3) is 6.08 Å². The third-order valence-corrected chi connectivity index (χ3v) is 2.67. The Kier molecular flexibility index (Phi) is 3.37. The number of benzene rings is 1. The van der Waals surface area contributed by atoms with Gasteiger partial charge in [-0.3, -0.25) is 0 Å². The third-order valence-electron chi connectivity index (χ3n) is 2.67. The van der Waals surface area contributed by atoms with Gasteiger partial charge < -0.3 is 4.74 Å². The van der Waals surface area contributed by atoms with E-state index in [0.29, 0.717) is 12.0 Å². The molecule has 0 bridgehead atoms. The fourth-order valence-corrected chi connectivity index (χ4v) is 1.87. The lowest BCUT2D eigenvalue weighted by Gasteiger charge is -2.20. The molecular weight excluding hydrogens is 224 g/mol. The number of carbonyl (C=O) groups excluding carboxylic acids is 1. The van der Waals surface area contributed by atoms with Crippen molar-refractivity contribution in [3.63, 3.8) is 0 Å². The van der Waals surface area contributed by atoms with E-state index in [2.05, 4.69) is 6.07 Å². The monoisotopic (exact) mass is 242 g/mol. The second kappa shape index (κ2) is 4.81. The molecule has 0 spiro atoms. The van der Waals surface area contributed by atoms with Gasteiger partial charge in [-0.1, -0.05) is 42.5 Å². The maximum Gasteiger partial charge on any atom is 0.334 e. The predicted octanol–water partition coefficient (Wildman–Crippen LogP) is 3.52. The van der Waals surface area contributed by atoms with Crippen LogP contribution in [0.2, 0.25) is 0 Å². The van der Waals surface area contributed by atoms with E-state index in [9.17, 15) is 4.79 Å². The topological polar surface area (TPSA) is 26.3 Å². The summed E-state index contributed by atoms with van der Waals surface area (Å²) in [5.41, 5.74) is 2.56. The standard InChI is InChI=1S/C16H18O2/c1-16(2,3)18-15(17)14-10-6-9-12-7-4-5-8-13(12)11-14/h4-10H,11H2,1-3H3. The number of allylic oxidation sites excluding steroid dienone is 2. The maximum absolute atomic E-state index is 12.1. The van der Waals surface area contributed by atoms with Crippen molar-refractivity contribution in [2.24, 2.45) is 0 Å². The predicted molar refractivity (Wildman–Crippen MR) is 73.1 cm³/mol. The van der Waals surface area contributed by atoms with E-state index in [-0.39, 0.29) is 5.97 Å². The molecule has 18 heavy (non-hydrogen) atoms. The van der Waals surface area contributed by atoms with Crippen LogP contribution in [0, 0.1) is 0 Å². The van der Waals surface area contributed by atoms with Crippen LogP contribution < -0.4 is 0 Å². The zero-order chi connectivity index (χ0) is 13.2. The van der Waals surface area contributed by atoms with Gasteiger partial charge in [0.05, 0.1) is 0 Å². The third kappa shape index (κ3) is 3.10. The summed E-state index contributed by atoms with van der Waals surface area (Å²) in [6.07, 6.45) is 6.39. The molecule has 1 aliphatic rings. The Balaban J connectivity index is 2.21. The van der Waals surface area contributed by atoms with Crippen LogP contribution in [0.3, 0.4) is 0 Å². The summed E-state index contributed by atoms with van der Waals surface area (Å²) in [5.74, 6) is -0.233. The number of carbonyl (C=O) groups is 1. The summed E-state index contributed by atoms with van der Waals surface area (Å²) in [5, 5.41) is 0. The van der Waals surface area contributed by atoms with Crippen LogP contribution in [0.1, 0.15) is 31.9 Å². The lowest BCUT2D eigenvalue weighted by atomic mass is 10.0. The van der Waals surface area contributed by atoms with E-state index in [4.69, 9.17) is 4.74 Å². The lowest BCUT2D eigenvalue weighted by molar-refractivity contribution is -0.149. The molecule has 94 valence electrons. The summed E-state index contributed by atoms with van der Waals surface area (Å²) in [7, 11) is 0. The normalized spacial score (nSPS) is 14.5. The minimum atomic E-state index is -0.451. The summed E-state index contributed by atoms with van der Waals surface area (Å²) in [4.78, 5) is 12.1. The summed E-state index contributed by atoms with van der Waals surface area (Å²) in [6, 6.07) is 8.09. The van der Waals surface area contributed by atoms with E-state index < -0.39 is 5.60 Å². The second-order valence-electron chi connectivity index (χ2n) is 5.43. The van der Waals surface area contributed by atoms with Gasteiger partial charge in [-0.2, -0.15) is 0 Å². The van der Waals surface area contributed by atoms with Crippen LogP contribution in [-0.4, -0.2) is 11.6 Å². The van der Waals surface area contributed by atoms with Crippen molar-refractivity contribution in [2.75, 3.05) is 0 Å². The van der Waals surface area contributed by atoms with E-state index in [1.54, 1.807) is 0 Å². The van der Waals surface area contributed by atoms with Crippen molar-refractivity contribution in [1.29, 1.82) is 0 Å². The summed E-state index contributed by atoms with van der Waals surface area (Å²) < 4.78 is 5.41. The molecule has 2 rings (SSSR count). The van der Waals surface area contributed by atoms with Crippen molar-refractivity contribution in [2.45, 2.75) is 32.8 Å². The minimum Gasteiger partial charge on any atom is -0.457 e. The Morgan fingerprint density at radius 3 is 2.67 bits per heavy atom. The Bertz CT molecular complexity index is 516. The molecule has 1 aromatic rings. The van der Waals surface area contributed by atoms with Gasteiger partial charge in [-0.05, 0) is 31.9 Å². The Morgan fingerprint density at radius 2 is 1.94 bits per heavy atom. The summed E-state index contributed by atoms with van der Waals surface area (Å²) >= 11 is 0. The second-order valence-corrected chi connectivity index (χ2v) is 5.43. The molecule has 0 aromatic heterocycles. The van der Waals surface area contributed by atoms with Crippen molar-refractivity contribution in [3.8, 4) is 0 Å². The highest BCUT2D eigenvalue weighted by Gasteiger charge is 2.20. The smallest absolute Gasteiger partial charge is 0.334 e. The van der Waals surface area contributed by atoms with Gasteiger partial charge in [-0.15, -0.1) is 0 Å². The van der Waals surface area contributed by atoms with E-state index in [1.165, 1.54) is 0 Å². The van der Waals surface area contributed by atoms with E-state index in [0.717, 1.165) is 11.1 Å². The average molecular weight is 242 g/mol. The molecule has 0 heterocycles. The van der Waals surface area contributed by atoms with E-state index in [1.807, 2.05) is 57.2 Å². The van der Waals surface area contributed by atoms with Gasteiger partial charge in [0.1, 0.15) is 5.60 Å².